The topological polar surface area (TPSA) is 59.5 Å². The Balaban J connectivity index is 1.57. The van der Waals surface area contributed by atoms with Gasteiger partial charge in [-0.05, 0) is 23.6 Å². The van der Waals surface area contributed by atoms with Crippen LogP contribution in [0.5, 0.6) is 0 Å². The Bertz CT molecular complexity index is 1270. The number of carbonyl (C=O) groups is 2. The zero-order valence-electron chi connectivity index (χ0n) is 17.4. The van der Waals surface area contributed by atoms with Crippen molar-refractivity contribution in [2.45, 2.75) is 11.5 Å². The van der Waals surface area contributed by atoms with Crippen LogP contribution in [0.2, 0.25) is 0 Å². The highest BCUT2D eigenvalue weighted by atomic mass is 32.2. The molecule has 4 aromatic rings. The van der Waals surface area contributed by atoms with Crippen LogP contribution in [-0.4, -0.2) is 41.6 Å². The smallest absolute Gasteiger partial charge is 0.339 e. The summed E-state index contributed by atoms with van der Waals surface area (Å²) in [6.07, 6.45) is 0. The Hall–Kier alpha value is -3.38. The van der Waals surface area contributed by atoms with Crippen LogP contribution in [0, 0.1) is 0 Å². The Morgan fingerprint density at radius 1 is 0.871 bits per heavy atom. The van der Waals surface area contributed by atoms with E-state index in [-0.39, 0.29) is 18.3 Å². The minimum Gasteiger partial charge on any atom is -0.456 e. The SMILES string of the molecule is CN(C)C(=O)CSc1ccccc1C(=O)OCc1nc2ccccc2c2ccccc12. The molecule has 31 heavy (non-hydrogen) atoms. The quantitative estimate of drug-likeness (QED) is 0.247. The number of carbonyl (C=O) groups excluding carboxylic acids is 2. The number of pyridine rings is 1. The highest BCUT2D eigenvalue weighted by Gasteiger charge is 2.16. The van der Waals surface area contributed by atoms with Gasteiger partial charge in [-0.3, -0.25) is 4.79 Å². The van der Waals surface area contributed by atoms with Crippen molar-refractivity contribution in [3.63, 3.8) is 0 Å². The molecule has 0 saturated heterocycles. The van der Waals surface area contributed by atoms with Gasteiger partial charge in [-0.25, -0.2) is 9.78 Å². The Labute approximate surface area is 185 Å². The number of fused-ring (bicyclic) bond motifs is 3. The summed E-state index contributed by atoms with van der Waals surface area (Å²) in [5.41, 5.74) is 2.03. The Kier molecular flexibility index (Phi) is 6.18. The predicted molar refractivity (Wildman–Crippen MR) is 124 cm³/mol. The summed E-state index contributed by atoms with van der Waals surface area (Å²) in [5.74, 6) is -0.187. The maximum Gasteiger partial charge on any atom is 0.339 e. The molecule has 4 rings (SSSR count). The molecule has 1 aromatic heterocycles. The second-order valence-electron chi connectivity index (χ2n) is 7.27. The summed E-state index contributed by atoms with van der Waals surface area (Å²) in [6.45, 7) is 0.0693. The van der Waals surface area contributed by atoms with Crippen LogP contribution in [0.1, 0.15) is 16.1 Å². The zero-order valence-corrected chi connectivity index (χ0v) is 18.2. The van der Waals surface area contributed by atoms with Gasteiger partial charge in [0.1, 0.15) is 6.61 Å². The second-order valence-corrected chi connectivity index (χ2v) is 8.29. The van der Waals surface area contributed by atoms with E-state index in [2.05, 4.69) is 6.07 Å². The molecule has 0 aliphatic carbocycles. The van der Waals surface area contributed by atoms with Crippen LogP contribution in [0.4, 0.5) is 0 Å². The van der Waals surface area contributed by atoms with E-state index in [1.165, 1.54) is 16.7 Å². The number of aromatic nitrogens is 1. The predicted octanol–water partition coefficient (Wildman–Crippen LogP) is 4.93. The summed E-state index contributed by atoms with van der Waals surface area (Å²) < 4.78 is 5.66. The minimum absolute atomic E-state index is 0.0139. The maximum absolute atomic E-state index is 12.9. The van der Waals surface area contributed by atoms with Crippen LogP contribution in [0.3, 0.4) is 0 Å². The Morgan fingerprint density at radius 2 is 1.52 bits per heavy atom. The summed E-state index contributed by atoms with van der Waals surface area (Å²) in [6, 6.07) is 23.1. The molecule has 0 aliphatic heterocycles. The van der Waals surface area contributed by atoms with E-state index >= 15 is 0 Å². The third-order valence-electron chi connectivity index (χ3n) is 4.98. The van der Waals surface area contributed by atoms with Gasteiger partial charge in [0.25, 0.3) is 0 Å². The molecule has 156 valence electrons. The number of hydrogen-bond donors (Lipinski definition) is 0. The first-order valence-electron chi connectivity index (χ1n) is 9.90. The highest BCUT2D eigenvalue weighted by Crippen LogP contribution is 2.28. The van der Waals surface area contributed by atoms with E-state index in [1.807, 2.05) is 54.6 Å². The lowest BCUT2D eigenvalue weighted by Crippen LogP contribution is -2.23. The average Bonchev–Trinajstić information content (AvgIpc) is 2.80. The van der Waals surface area contributed by atoms with Gasteiger partial charge in [0.15, 0.2) is 0 Å². The highest BCUT2D eigenvalue weighted by molar-refractivity contribution is 8.00. The maximum atomic E-state index is 12.9. The van der Waals surface area contributed by atoms with Crippen molar-refractivity contribution in [3.05, 3.63) is 84.1 Å². The third-order valence-corrected chi connectivity index (χ3v) is 6.04. The van der Waals surface area contributed by atoms with Gasteiger partial charge in [0.2, 0.25) is 5.91 Å². The van der Waals surface area contributed by atoms with Crippen LogP contribution in [0.15, 0.2) is 77.7 Å². The summed E-state index contributed by atoms with van der Waals surface area (Å²) in [4.78, 5) is 31.8. The minimum atomic E-state index is -0.431. The molecule has 0 spiro atoms. The van der Waals surface area contributed by atoms with Gasteiger partial charge < -0.3 is 9.64 Å². The van der Waals surface area contributed by atoms with E-state index in [9.17, 15) is 9.59 Å². The van der Waals surface area contributed by atoms with Crippen molar-refractivity contribution in [1.29, 1.82) is 0 Å². The molecule has 0 bridgehead atoms. The average molecular weight is 431 g/mol. The van der Waals surface area contributed by atoms with Gasteiger partial charge >= 0.3 is 5.97 Å². The largest absolute Gasteiger partial charge is 0.456 e. The number of esters is 1. The van der Waals surface area contributed by atoms with Crippen LogP contribution < -0.4 is 0 Å². The first kappa shape index (κ1) is 20.9. The van der Waals surface area contributed by atoms with Crippen LogP contribution in [0.25, 0.3) is 21.7 Å². The van der Waals surface area contributed by atoms with E-state index in [1.54, 1.807) is 26.2 Å². The number of thioether (sulfide) groups is 1. The summed E-state index contributed by atoms with van der Waals surface area (Å²) in [7, 11) is 3.42. The number of nitrogens with zero attached hydrogens (tertiary/aromatic N) is 2. The standard InChI is InChI=1S/C25H22N2O3S/c1-27(2)24(28)16-31-23-14-8-6-12-20(23)25(29)30-15-22-19-11-4-3-9-17(19)18-10-5-7-13-21(18)26-22/h3-14H,15-16H2,1-2H3. The van der Waals surface area contributed by atoms with E-state index in [0.717, 1.165) is 32.3 Å². The lowest BCUT2D eigenvalue weighted by atomic mass is 10.0. The van der Waals surface area contributed by atoms with Gasteiger partial charge in [-0.2, -0.15) is 0 Å². The van der Waals surface area contributed by atoms with Crippen molar-refractivity contribution in [3.8, 4) is 0 Å². The lowest BCUT2D eigenvalue weighted by molar-refractivity contribution is -0.125. The number of ether oxygens (including phenoxy) is 1. The molecule has 0 fully saturated rings. The third kappa shape index (κ3) is 4.54. The van der Waals surface area contributed by atoms with E-state index in [0.29, 0.717) is 5.56 Å². The number of benzene rings is 3. The molecule has 1 amide bonds. The molecule has 1 heterocycles. The molecule has 0 atom stereocenters. The molecule has 3 aromatic carbocycles. The summed E-state index contributed by atoms with van der Waals surface area (Å²) in [5, 5.41) is 3.12. The number of amides is 1. The van der Waals surface area contributed by atoms with Gasteiger partial charge in [0, 0.05) is 29.8 Å². The fourth-order valence-corrected chi connectivity index (χ4v) is 4.34. The van der Waals surface area contributed by atoms with Crippen molar-refractivity contribution in [2.24, 2.45) is 0 Å². The van der Waals surface area contributed by atoms with Crippen molar-refractivity contribution in [2.75, 3.05) is 19.8 Å². The first-order chi connectivity index (χ1) is 15.0. The summed E-state index contributed by atoms with van der Waals surface area (Å²) >= 11 is 1.33. The molecule has 0 aliphatic rings. The van der Waals surface area contributed by atoms with Crippen molar-refractivity contribution >= 4 is 45.3 Å². The first-order valence-corrected chi connectivity index (χ1v) is 10.9. The molecular formula is C25H22N2O3S. The van der Waals surface area contributed by atoms with Gasteiger partial charge in [-0.15, -0.1) is 11.8 Å². The molecule has 0 unspecified atom stereocenters. The van der Waals surface area contributed by atoms with Crippen molar-refractivity contribution < 1.29 is 14.3 Å². The molecule has 0 saturated carbocycles. The fourth-order valence-electron chi connectivity index (χ4n) is 3.33. The van der Waals surface area contributed by atoms with E-state index < -0.39 is 5.97 Å². The monoisotopic (exact) mass is 430 g/mol. The molecule has 5 nitrogen and oxygen atoms in total. The van der Waals surface area contributed by atoms with E-state index in [4.69, 9.17) is 9.72 Å². The number of para-hydroxylation sites is 1. The van der Waals surface area contributed by atoms with Gasteiger partial charge in [-0.1, -0.05) is 54.6 Å². The number of hydrogen-bond acceptors (Lipinski definition) is 5. The Morgan fingerprint density at radius 3 is 2.29 bits per heavy atom. The second kappa shape index (κ2) is 9.18. The molecule has 6 heteroatoms. The molecular weight excluding hydrogens is 408 g/mol. The van der Waals surface area contributed by atoms with Crippen LogP contribution in [-0.2, 0) is 16.1 Å². The fraction of sp³-hybridized carbons (Fsp3) is 0.160. The number of rotatable bonds is 6. The molecule has 0 radical (unpaired) electrons. The van der Waals surface area contributed by atoms with Crippen molar-refractivity contribution in [1.82, 2.24) is 9.88 Å². The van der Waals surface area contributed by atoms with Gasteiger partial charge in [0.05, 0.1) is 22.5 Å². The van der Waals surface area contributed by atoms with Crippen LogP contribution >= 0.6 is 11.8 Å². The normalized spacial score (nSPS) is 10.9. The molecule has 0 N–H and O–H groups in total. The lowest BCUT2D eigenvalue weighted by Gasteiger charge is -2.13. The zero-order chi connectivity index (χ0) is 21.8.